The first-order valence-electron chi connectivity index (χ1n) is 11.7. The maximum atomic E-state index is 13.8. The SMILES string of the molecule is CCOc1cccc(C2NC(Cc3cnc[nH]3)(C(=O)O)C3C(=O)N(Cc4ccccc4)C(=O)C23)c1O. The Morgan fingerprint density at radius 2 is 1.92 bits per heavy atom. The van der Waals surface area contributed by atoms with Crippen molar-refractivity contribution in [2.75, 3.05) is 6.61 Å². The number of hydrogen-bond donors (Lipinski definition) is 4. The Hall–Kier alpha value is -4.18. The summed E-state index contributed by atoms with van der Waals surface area (Å²) in [6.07, 6.45) is 2.81. The molecule has 4 unspecified atom stereocenters. The van der Waals surface area contributed by atoms with Gasteiger partial charge in [0.1, 0.15) is 5.54 Å². The quantitative estimate of drug-likeness (QED) is 0.351. The highest BCUT2D eigenvalue weighted by Gasteiger charge is 2.68. The second-order valence-corrected chi connectivity index (χ2v) is 9.03. The Balaban J connectivity index is 1.62. The van der Waals surface area contributed by atoms with Crippen molar-refractivity contribution in [3.63, 3.8) is 0 Å². The van der Waals surface area contributed by atoms with E-state index in [9.17, 15) is 24.6 Å². The van der Waals surface area contributed by atoms with Crippen molar-refractivity contribution in [2.45, 2.75) is 31.5 Å². The number of imide groups is 1. The highest BCUT2D eigenvalue weighted by atomic mass is 16.5. The summed E-state index contributed by atoms with van der Waals surface area (Å²) in [6, 6.07) is 13.0. The number of ether oxygens (including phenoxy) is 1. The number of nitrogens with zero attached hydrogens (tertiary/aromatic N) is 2. The van der Waals surface area contributed by atoms with Gasteiger partial charge in [0.15, 0.2) is 11.5 Å². The summed E-state index contributed by atoms with van der Waals surface area (Å²) in [5, 5.41) is 24.6. The fraction of sp³-hybridized carbons (Fsp3) is 0.308. The predicted molar refractivity (Wildman–Crippen MR) is 127 cm³/mol. The molecule has 3 aromatic rings. The van der Waals surface area contributed by atoms with E-state index < -0.39 is 41.2 Å². The summed E-state index contributed by atoms with van der Waals surface area (Å²) in [7, 11) is 0. The Bertz CT molecular complexity index is 1300. The molecule has 186 valence electrons. The molecule has 2 aromatic carbocycles. The summed E-state index contributed by atoms with van der Waals surface area (Å²) >= 11 is 0. The van der Waals surface area contributed by atoms with E-state index in [4.69, 9.17) is 4.74 Å². The molecule has 2 fully saturated rings. The number of carboxylic acids is 1. The third-order valence-corrected chi connectivity index (χ3v) is 7.00. The molecule has 5 rings (SSSR count). The summed E-state index contributed by atoms with van der Waals surface area (Å²) in [6.45, 7) is 2.11. The highest BCUT2D eigenvalue weighted by Crippen LogP contribution is 2.52. The molecule has 0 aliphatic carbocycles. The minimum absolute atomic E-state index is 0.0307. The molecule has 0 bridgehead atoms. The number of aromatic amines is 1. The number of carboxylic acid groups (broad SMARTS) is 1. The number of hydrogen-bond acceptors (Lipinski definition) is 7. The van der Waals surface area contributed by atoms with E-state index in [0.29, 0.717) is 17.9 Å². The standard InChI is InChI=1S/C26H26N4O6/c1-2-36-18-10-6-9-17(22(18)31)21-19-20(26(29-21,25(34)35)11-16-12-27-14-28-16)24(33)30(23(19)32)13-15-7-4-3-5-8-15/h3-10,12,14,19-21,29,31H,2,11,13H2,1H3,(H,27,28)(H,34,35). The van der Waals surface area contributed by atoms with Crippen molar-refractivity contribution in [1.82, 2.24) is 20.2 Å². The lowest BCUT2D eigenvalue weighted by Crippen LogP contribution is -2.57. The highest BCUT2D eigenvalue weighted by molar-refractivity contribution is 6.09. The average Bonchev–Trinajstić information content (AvgIpc) is 3.56. The second kappa shape index (κ2) is 9.12. The van der Waals surface area contributed by atoms with Gasteiger partial charge in [0.2, 0.25) is 11.8 Å². The molecule has 2 aliphatic heterocycles. The van der Waals surface area contributed by atoms with Gasteiger partial charge in [-0.05, 0) is 18.6 Å². The fourth-order valence-electron chi connectivity index (χ4n) is 5.43. The number of H-pyrrole nitrogens is 1. The van der Waals surface area contributed by atoms with Crippen LogP contribution in [0.4, 0.5) is 0 Å². The number of imidazole rings is 1. The van der Waals surface area contributed by atoms with Gasteiger partial charge in [-0.15, -0.1) is 0 Å². The first-order valence-corrected chi connectivity index (χ1v) is 11.7. The third kappa shape index (κ3) is 3.70. The van der Waals surface area contributed by atoms with Crippen molar-refractivity contribution in [3.05, 3.63) is 77.9 Å². The number of aliphatic carboxylic acids is 1. The molecule has 10 nitrogen and oxygen atoms in total. The first-order chi connectivity index (χ1) is 17.4. The average molecular weight is 491 g/mol. The van der Waals surface area contributed by atoms with Gasteiger partial charge in [-0.2, -0.15) is 0 Å². The summed E-state index contributed by atoms with van der Waals surface area (Å²) in [5.74, 6) is -4.53. The van der Waals surface area contributed by atoms with Crippen LogP contribution in [0.1, 0.15) is 29.8 Å². The smallest absolute Gasteiger partial charge is 0.325 e. The van der Waals surface area contributed by atoms with Gasteiger partial charge in [-0.3, -0.25) is 24.6 Å². The number of carbonyl (C=O) groups excluding carboxylic acids is 2. The molecule has 0 saturated carbocycles. The molecule has 3 heterocycles. The zero-order valence-electron chi connectivity index (χ0n) is 19.5. The number of benzene rings is 2. The first kappa shape index (κ1) is 23.6. The largest absolute Gasteiger partial charge is 0.504 e. The van der Waals surface area contributed by atoms with Crippen molar-refractivity contribution >= 4 is 17.8 Å². The monoisotopic (exact) mass is 490 g/mol. The van der Waals surface area contributed by atoms with Crippen LogP contribution < -0.4 is 10.1 Å². The van der Waals surface area contributed by atoms with Crippen LogP contribution in [-0.2, 0) is 27.3 Å². The number of aromatic hydroxyl groups is 1. The lowest BCUT2D eigenvalue weighted by atomic mass is 9.77. The maximum absolute atomic E-state index is 13.8. The molecule has 0 spiro atoms. The molecule has 0 radical (unpaired) electrons. The summed E-state index contributed by atoms with van der Waals surface area (Å²) in [4.78, 5) is 48.4. The van der Waals surface area contributed by atoms with E-state index in [0.717, 1.165) is 10.5 Å². The lowest BCUT2D eigenvalue weighted by molar-refractivity contribution is -0.151. The zero-order chi connectivity index (χ0) is 25.4. The molecular formula is C26H26N4O6. The topological polar surface area (TPSA) is 145 Å². The number of amides is 2. The van der Waals surface area contributed by atoms with Gasteiger partial charge < -0.3 is 19.9 Å². The number of nitrogens with one attached hydrogen (secondary N) is 2. The normalized spacial score (nSPS) is 25.2. The third-order valence-electron chi connectivity index (χ3n) is 7.00. The van der Waals surface area contributed by atoms with E-state index in [1.54, 1.807) is 37.3 Å². The van der Waals surface area contributed by atoms with E-state index in [2.05, 4.69) is 15.3 Å². The number of aromatic nitrogens is 2. The Labute approximate surface area is 206 Å². The summed E-state index contributed by atoms with van der Waals surface area (Å²) in [5.41, 5.74) is -0.266. The van der Waals surface area contributed by atoms with Gasteiger partial charge in [-0.25, -0.2) is 4.98 Å². The number of para-hydroxylation sites is 1. The van der Waals surface area contributed by atoms with E-state index in [-0.39, 0.29) is 24.5 Å². The Morgan fingerprint density at radius 3 is 2.58 bits per heavy atom. The molecule has 1 aromatic heterocycles. The van der Waals surface area contributed by atoms with Crippen LogP contribution in [0.2, 0.25) is 0 Å². The zero-order valence-corrected chi connectivity index (χ0v) is 19.5. The fourth-order valence-corrected chi connectivity index (χ4v) is 5.43. The van der Waals surface area contributed by atoms with E-state index in [1.807, 2.05) is 18.2 Å². The van der Waals surface area contributed by atoms with E-state index in [1.165, 1.54) is 12.5 Å². The van der Waals surface area contributed by atoms with Gasteiger partial charge >= 0.3 is 5.97 Å². The van der Waals surface area contributed by atoms with Crippen LogP contribution >= 0.6 is 0 Å². The van der Waals surface area contributed by atoms with Crippen LogP contribution in [0.5, 0.6) is 11.5 Å². The van der Waals surface area contributed by atoms with Gasteiger partial charge in [0.05, 0.1) is 31.3 Å². The molecule has 2 saturated heterocycles. The number of fused-ring (bicyclic) bond motifs is 1. The number of carbonyl (C=O) groups is 3. The predicted octanol–water partition coefficient (Wildman–Crippen LogP) is 2.03. The van der Waals surface area contributed by atoms with Crippen molar-refractivity contribution in [1.29, 1.82) is 0 Å². The molecule has 4 atom stereocenters. The molecule has 2 aliphatic rings. The minimum Gasteiger partial charge on any atom is -0.504 e. The van der Waals surface area contributed by atoms with Crippen LogP contribution in [0.25, 0.3) is 0 Å². The molecule has 4 N–H and O–H groups in total. The van der Waals surface area contributed by atoms with Crippen LogP contribution in [0, 0.1) is 11.8 Å². The van der Waals surface area contributed by atoms with Gasteiger partial charge in [0, 0.05) is 29.9 Å². The molecule has 2 amide bonds. The van der Waals surface area contributed by atoms with Crippen LogP contribution in [-0.4, -0.2) is 55.0 Å². The molecule has 36 heavy (non-hydrogen) atoms. The number of likely N-dealkylation sites (tertiary alicyclic amines) is 1. The maximum Gasteiger partial charge on any atom is 0.325 e. The molecular weight excluding hydrogens is 464 g/mol. The Kier molecular flexibility index (Phi) is 5.97. The van der Waals surface area contributed by atoms with Crippen LogP contribution in [0.15, 0.2) is 61.1 Å². The summed E-state index contributed by atoms with van der Waals surface area (Å²) < 4.78 is 5.51. The number of phenolic OH excluding ortho intramolecular Hbond substituents is 1. The minimum atomic E-state index is -1.81. The van der Waals surface area contributed by atoms with Gasteiger partial charge in [0.25, 0.3) is 0 Å². The molecule has 10 heteroatoms. The number of rotatable bonds is 8. The Morgan fingerprint density at radius 1 is 1.14 bits per heavy atom. The van der Waals surface area contributed by atoms with Crippen molar-refractivity contribution in [3.8, 4) is 11.5 Å². The lowest BCUT2D eigenvalue weighted by Gasteiger charge is -2.31. The van der Waals surface area contributed by atoms with E-state index >= 15 is 0 Å². The van der Waals surface area contributed by atoms with Gasteiger partial charge in [-0.1, -0.05) is 42.5 Å². The van der Waals surface area contributed by atoms with Crippen molar-refractivity contribution in [2.24, 2.45) is 11.8 Å². The number of phenols is 1. The van der Waals surface area contributed by atoms with Crippen LogP contribution in [0.3, 0.4) is 0 Å². The second-order valence-electron chi connectivity index (χ2n) is 9.03. The van der Waals surface area contributed by atoms with Crippen molar-refractivity contribution < 1.29 is 29.3 Å².